The van der Waals surface area contributed by atoms with E-state index in [1.807, 2.05) is 55.5 Å². The molecule has 3 heterocycles. The molecule has 0 atom stereocenters. The fraction of sp³-hybridized carbons (Fsp3) is 0.240. The minimum absolute atomic E-state index is 0.241. The van der Waals surface area contributed by atoms with Crippen molar-refractivity contribution in [1.29, 1.82) is 0 Å². The Morgan fingerprint density at radius 2 is 1.88 bits per heavy atom. The number of hydrogen-bond acceptors (Lipinski definition) is 7. The largest absolute Gasteiger partial charge is 0.454 e. The molecule has 1 N–H and O–H groups in total. The molecule has 0 radical (unpaired) electrons. The lowest BCUT2D eigenvalue weighted by Gasteiger charge is -2.24. The summed E-state index contributed by atoms with van der Waals surface area (Å²) in [6.07, 6.45) is 2.67. The highest BCUT2D eigenvalue weighted by Gasteiger charge is 2.16. The summed E-state index contributed by atoms with van der Waals surface area (Å²) in [5, 5.41) is 5.49. The fourth-order valence-corrected chi connectivity index (χ4v) is 4.37. The third-order valence-electron chi connectivity index (χ3n) is 5.57. The molecule has 1 aliphatic rings. The lowest BCUT2D eigenvalue weighted by atomic mass is 10.1. The Kier molecular flexibility index (Phi) is 6.56. The van der Waals surface area contributed by atoms with Crippen LogP contribution in [0.5, 0.6) is 11.5 Å². The molecule has 2 aromatic carbocycles. The van der Waals surface area contributed by atoms with Crippen LogP contribution in [-0.2, 0) is 6.54 Å². The van der Waals surface area contributed by atoms with Gasteiger partial charge in [-0.15, -0.1) is 0 Å². The number of rotatable bonds is 8. The molecule has 9 heteroatoms. The zero-order chi connectivity index (χ0) is 23.5. The number of anilines is 2. The van der Waals surface area contributed by atoms with Crippen LogP contribution in [0.3, 0.4) is 0 Å². The second kappa shape index (κ2) is 9.91. The molecule has 34 heavy (non-hydrogen) atoms. The van der Waals surface area contributed by atoms with Gasteiger partial charge >= 0.3 is 0 Å². The van der Waals surface area contributed by atoms with Crippen molar-refractivity contribution in [2.75, 3.05) is 30.1 Å². The Morgan fingerprint density at radius 1 is 1.00 bits per heavy atom. The lowest BCUT2D eigenvalue weighted by Crippen LogP contribution is -2.26. The third-order valence-corrected chi connectivity index (χ3v) is 5.98. The van der Waals surface area contributed by atoms with Gasteiger partial charge in [-0.3, -0.25) is 4.98 Å². The molecule has 0 aliphatic carbocycles. The Morgan fingerprint density at radius 3 is 2.76 bits per heavy atom. The van der Waals surface area contributed by atoms with E-state index in [-0.39, 0.29) is 12.1 Å². The summed E-state index contributed by atoms with van der Waals surface area (Å²) in [7, 11) is 0. The Balaban J connectivity index is 1.30. The van der Waals surface area contributed by atoms with Crippen molar-refractivity contribution in [1.82, 2.24) is 15.0 Å². The zero-order valence-electron chi connectivity index (χ0n) is 18.6. The van der Waals surface area contributed by atoms with Gasteiger partial charge in [0.25, 0.3) is 0 Å². The van der Waals surface area contributed by atoms with Gasteiger partial charge in [-0.05, 0) is 66.9 Å². The van der Waals surface area contributed by atoms with Gasteiger partial charge in [0.05, 0.1) is 5.52 Å². The number of ether oxygens (including phenoxy) is 2. The summed E-state index contributed by atoms with van der Waals surface area (Å²) in [5.74, 6) is 2.33. The molecular formula is C25H23Cl2N5O2. The number of aryl methyl sites for hydroxylation is 1. The van der Waals surface area contributed by atoms with Gasteiger partial charge in [-0.25, -0.2) is 9.97 Å². The highest BCUT2D eigenvalue weighted by molar-refractivity contribution is 6.31. The molecule has 0 spiro atoms. The van der Waals surface area contributed by atoms with Crippen LogP contribution in [0.1, 0.15) is 17.7 Å². The average Bonchev–Trinajstić information content (AvgIpc) is 3.28. The van der Waals surface area contributed by atoms with E-state index >= 15 is 0 Å². The van der Waals surface area contributed by atoms with Crippen LogP contribution in [0, 0.1) is 6.92 Å². The minimum atomic E-state index is 0.241. The molecule has 4 aromatic rings. The number of fused-ring (bicyclic) bond motifs is 2. The van der Waals surface area contributed by atoms with E-state index in [1.54, 1.807) is 6.20 Å². The smallest absolute Gasteiger partial charge is 0.231 e. The van der Waals surface area contributed by atoms with Crippen LogP contribution in [-0.4, -0.2) is 34.8 Å². The van der Waals surface area contributed by atoms with Crippen LogP contribution in [0.4, 0.5) is 11.5 Å². The summed E-state index contributed by atoms with van der Waals surface area (Å²) in [6.45, 7) is 4.36. The van der Waals surface area contributed by atoms with E-state index in [2.05, 4.69) is 25.2 Å². The first-order valence-corrected chi connectivity index (χ1v) is 11.7. The monoisotopic (exact) mass is 495 g/mol. The van der Waals surface area contributed by atoms with Gasteiger partial charge in [0.15, 0.2) is 11.5 Å². The normalized spacial score (nSPS) is 12.2. The van der Waals surface area contributed by atoms with E-state index in [4.69, 9.17) is 32.7 Å². The Labute approximate surface area is 207 Å². The minimum Gasteiger partial charge on any atom is -0.454 e. The predicted molar refractivity (Wildman–Crippen MR) is 135 cm³/mol. The molecule has 0 bridgehead atoms. The van der Waals surface area contributed by atoms with Crippen molar-refractivity contribution in [3.05, 3.63) is 76.3 Å². The van der Waals surface area contributed by atoms with Gasteiger partial charge in [-0.1, -0.05) is 17.7 Å². The van der Waals surface area contributed by atoms with E-state index < -0.39 is 0 Å². The van der Waals surface area contributed by atoms with E-state index in [1.165, 1.54) is 0 Å². The average molecular weight is 496 g/mol. The van der Waals surface area contributed by atoms with Gasteiger partial charge in [0.1, 0.15) is 5.82 Å². The van der Waals surface area contributed by atoms with E-state index in [9.17, 15) is 0 Å². The van der Waals surface area contributed by atoms with E-state index in [0.29, 0.717) is 11.6 Å². The SMILES string of the molecule is Cc1cc(N(CCCNc2ccnc3cc(Cl)ccc23)Cc2ccc3c(c2)OCO3)nc(Cl)n1. The number of pyridine rings is 1. The van der Waals surface area contributed by atoms with Crippen molar-refractivity contribution < 1.29 is 9.47 Å². The fourth-order valence-electron chi connectivity index (χ4n) is 3.98. The van der Waals surface area contributed by atoms with Crippen LogP contribution in [0.15, 0.2) is 54.7 Å². The molecule has 7 nitrogen and oxygen atoms in total. The summed E-state index contributed by atoms with van der Waals surface area (Å²) in [6, 6.07) is 15.7. The number of halogens is 2. The third kappa shape index (κ3) is 5.11. The number of benzene rings is 2. The maximum absolute atomic E-state index is 6.17. The molecule has 0 saturated carbocycles. The zero-order valence-corrected chi connectivity index (χ0v) is 20.1. The second-order valence-electron chi connectivity index (χ2n) is 8.05. The molecule has 0 unspecified atom stereocenters. The standard InChI is InChI=1S/C25H23Cl2N5O2/c1-16-11-24(31-25(27)30-16)32(14-17-3-6-22-23(12-17)34-15-33-22)10-2-8-28-20-7-9-29-21-13-18(26)4-5-19(20)21/h3-7,9,11-13H,2,8,10,14-15H2,1H3,(H,28,29). The van der Waals surface area contributed by atoms with Gasteiger partial charge in [0.2, 0.25) is 12.1 Å². The quantitative estimate of drug-likeness (QED) is 0.241. The Bertz CT molecular complexity index is 1310. The first kappa shape index (κ1) is 22.5. The van der Waals surface area contributed by atoms with Crippen molar-refractivity contribution in [3.63, 3.8) is 0 Å². The first-order valence-electron chi connectivity index (χ1n) is 11.0. The van der Waals surface area contributed by atoms with Gasteiger partial charge < -0.3 is 19.7 Å². The highest BCUT2D eigenvalue weighted by Crippen LogP contribution is 2.33. The van der Waals surface area contributed by atoms with E-state index in [0.717, 1.165) is 64.7 Å². The van der Waals surface area contributed by atoms with Crippen molar-refractivity contribution in [2.45, 2.75) is 19.9 Å². The van der Waals surface area contributed by atoms with Crippen molar-refractivity contribution in [3.8, 4) is 11.5 Å². The summed E-state index contributed by atoms with van der Waals surface area (Å²) < 4.78 is 11.0. The summed E-state index contributed by atoms with van der Waals surface area (Å²) in [5.41, 5.74) is 3.82. The second-order valence-corrected chi connectivity index (χ2v) is 8.82. The van der Waals surface area contributed by atoms with Gasteiger partial charge in [-0.2, -0.15) is 0 Å². The van der Waals surface area contributed by atoms with Crippen molar-refractivity contribution in [2.24, 2.45) is 0 Å². The Hall–Kier alpha value is -3.29. The molecule has 2 aromatic heterocycles. The molecular weight excluding hydrogens is 473 g/mol. The summed E-state index contributed by atoms with van der Waals surface area (Å²) in [4.78, 5) is 15.3. The maximum atomic E-state index is 6.17. The van der Waals surface area contributed by atoms with Crippen LogP contribution < -0.4 is 19.7 Å². The molecule has 174 valence electrons. The molecule has 0 fully saturated rings. The topological polar surface area (TPSA) is 72.4 Å². The molecule has 1 aliphatic heterocycles. The highest BCUT2D eigenvalue weighted by atomic mass is 35.5. The molecule has 0 amide bonds. The number of nitrogens with zero attached hydrogens (tertiary/aromatic N) is 4. The molecule has 5 rings (SSSR count). The predicted octanol–water partition coefficient (Wildman–Crippen LogP) is 5.88. The van der Waals surface area contributed by atoms with Crippen LogP contribution >= 0.6 is 23.2 Å². The molecule has 0 saturated heterocycles. The maximum Gasteiger partial charge on any atom is 0.231 e. The number of aromatic nitrogens is 3. The first-order chi connectivity index (χ1) is 16.5. The number of hydrogen-bond donors (Lipinski definition) is 1. The summed E-state index contributed by atoms with van der Waals surface area (Å²) >= 11 is 12.3. The van der Waals surface area contributed by atoms with Gasteiger partial charge in [0, 0.05) is 53.7 Å². The van der Waals surface area contributed by atoms with Crippen LogP contribution in [0.2, 0.25) is 10.3 Å². The number of nitrogens with one attached hydrogen (secondary N) is 1. The lowest BCUT2D eigenvalue weighted by molar-refractivity contribution is 0.174. The van der Waals surface area contributed by atoms with Crippen LogP contribution in [0.25, 0.3) is 10.9 Å². The van der Waals surface area contributed by atoms with Crippen molar-refractivity contribution >= 4 is 45.6 Å².